The standard InChI is InChI=1S/C29H35N5O4S/c1-4-38-22-15-11-19(12-16-22)25(28(36)32-20-7-5-6-8-20)34(21-13-9-18(10-14-21)17(2)3)29(37)26-23(30)24(27(31)35)33-39-26/h9-17,20,25H,4-8,30H2,1-3H3,(H2,31,35)(H,32,36)/t25-/m1/s1. The van der Waals surface area contributed by atoms with Crippen LogP contribution in [0.1, 0.15) is 89.7 Å². The number of nitrogen functional groups attached to an aromatic ring is 1. The van der Waals surface area contributed by atoms with Gasteiger partial charge in [0.25, 0.3) is 11.8 Å². The summed E-state index contributed by atoms with van der Waals surface area (Å²) in [4.78, 5) is 41.5. The Morgan fingerprint density at radius 3 is 2.21 bits per heavy atom. The van der Waals surface area contributed by atoms with Crippen LogP contribution in [0, 0.1) is 0 Å². The van der Waals surface area contributed by atoms with Gasteiger partial charge in [-0.3, -0.25) is 19.3 Å². The summed E-state index contributed by atoms with van der Waals surface area (Å²) in [5.74, 6) is -0.724. The summed E-state index contributed by atoms with van der Waals surface area (Å²) in [6, 6.07) is 13.7. The van der Waals surface area contributed by atoms with Crippen LogP contribution in [0.5, 0.6) is 5.75 Å². The van der Waals surface area contributed by atoms with Crippen LogP contribution in [0.2, 0.25) is 0 Å². The van der Waals surface area contributed by atoms with Gasteiger partial charge in [0.15, 0.2) is 5.69 Å². The predicted molar refractivity (Wildman–Crippen MR) is 153 cm³/mol. The topological polar surface area (TPSA) is 141 Å². The number of nitrogens with zero attached hydrogens (tertiary/aromatic N) is 2. The molecule has 0 unspecified atom stereocenters. The van der Waals surface area contributed by atoms with Gasteiger partial charge in [0.1, 0.15) is 16.7 Å². The molecule has 9 nitrogen and oxygen atoms in total. The number of ether oxygens (including phenoxy) is 1. The summed E-state index contributed by atoms with van der Waals surface area (Å²) < 4.78 is 9.62. The molecule has 3 aromatic rings. The molecule has 0 bridgehead atoms. The highest BCUT2D eigenvalue weighted by Gasteiger charge is 2.37. The molecule has 1 heterocycles. The van der Waals surface area contributed by atoms with Crippen molar-refractivity contribution >= 4 is 40.6 Å². The van der Waals surface area contributed by atoms with E-state index >= 15 is 0 Å². The highest BCUT2D eigenvalue weighted by Crippen LogP contribution is 2.35. The number of benzene rings is 2. The van der Waals surface area contributed by atoms with E-state index < -0.39 is 17.9 Å². The van der Waals surface area contributed by atoms with Crippen LogP contribution in [-0.4, -0.2) is 34.7 Å². The van der Waals surface area contributed by atoms with E-state index in [-0.39, 0.29) is 34.1 Å². The lowest BCUT2D eigenvalue weighted by Crippen LogP contribution is -2.46. The number of nitrogens with one attached hydrogen (secondary N) is 1. The van der Waals surface area contributed by atoms with Crippen molar-refractivity contribution in [3.8, 4) is 5.75 Å². The third kappa shape index (κ3) is 6.22. The Balaban J connectivity index is 1.84. The monoisotopic (exact) mass is 549 g/mol. The summed E-state index contributed by atoms with van der Waals surface area (Å²) in [7, 11) is 0. The molecule has 5 N–H and O–H groups in total. The van der Waals surface area contributed by atoms with Gasteiger partial charge in [0.2, 0.25) is 5.91 Å². The Bertz CT molecular complexity index is 1310. The largest absolute Gasteiger partial charge is 0.494 e. The molecule has 1 saturated carbocycles. The molecule has 1 fully saturated rings. The minimum atomic E-state index is -1.02. The van der Waals surface area contributed by atoms with Gasteiger partial charge in [-0.15, -0.1) is 0 Å². The molecule has 0 saturated heterocycles. The maximum absolute atomic E-state index is 14.2. The first-order chi connectivity index (χ1) is 18.7. The first kappa shape index (κ1) is 28.1. The van der Waals surface area contributed by atoms with Crippen LogP contribution in [-0.2, 0) is 4.79 Å². The summed E-state index contributed by atoms with van der Waals surface area (Å²) in [6.45, 7) is 6.57. The third-order valence-electron chi connectivity index (χ3n) is 6.93. The zero-order chi connectivity index (χ0) is 28.1. The van der Waals surface area contributed by atoms with Gasteiger partial charge >= 0.3 is 0 Å². The van der Waals surface area contributed by atoms with Gasteiger partial charge in [-0.1, -0.05) is 51.0 Å². The Morgan fingerprint density at radius 1 is 1.05 bits per heavy atom. The third-order valence-corrected chi connectivity index (χ3v) is 7.78. The summed E-state index contributed by atoms with van der Waals surface area (Å²) >= 11 is 0.791. The lowest BCUT2D eigenvalue weighted by Gasteiger charge is -2.32. The van der Waals surface area contributed by atoms with Gasteiger partial charge in [-0.05, 0) is 72.6 Å². The molecule has 3 amide bonds. The van der Waals surface area contributed by atoms with Crippen molar-refractivity contribution in [1.29, 1.82) is 0 Å². The number of primary amides is 1. The minimum Gasteiger partial charge on any atom is -0.494 e. The molecule has 0 spiro atoms. The predicted octanol–water partition coefficient (Wildman–Crippen LogP) is 4.79. The Labute approximate surface area is 232 Å². The zero-order valence-electron chi connectivity index (χ0n) is 22.5. The van der Waals surface area contributed by atoms with Crippen LogP contribution >= 0.6 is 11.5 Å². The van der Waals surface area contributed by atoms with Gasteiger partial charge in [0.05, 0.1) is 12.3 Å². The summed E-state index contributed by atoms with van der Waals surface area (Å²) in [5.41, 5.74) is 13.5. The van der Waals surface area contributed by atoms with E-state index in [9.17, 15) is 14.4 Å². The number of nitrogens with two attached hydrogens (primary N) is 2. The summed E-state index contributed by atoms with van der Waals surface area (Å²) in [6.07, 6.45) is 3.88. The first-order valence-electron chi connectivity index (χ1n) is 13.2. The van der Waals surface area contributed by atoms with Crippen molar-refractivity contribution in [3.05, 3.63) is 70.2 Å². The molecular weight excluding hydrogens is 514 g/mol. The molecular formula is C29H35N5O4S. The molecule has 1 aromatic heterocycles. The van der Waals surface area contributed by atoms with E-state index in [1.54, 1.807) is 24.3 Å². The number of amides is 3. The van der Waals surface area contributed by atoms with Crippen molar-refractivity contribution in [3.63, 3.8) is 0 Å². The first-order valence-corrected chi connectivity index (χ1v) is 14.0. The van der Waals surface area contributed by atoms with Gasteiger partial charge < -0.3 is 21.5 Å². The number of aromatic nitrogens is 1. The number of hydrogen-bond acceptors (Lipinski definition) is 7. The highest BCUT2D eigenvalue weighted by molar-refractivity contribution is 7.09. The van der Waals surface area contributed by atoms with Crippen molar-refractivity contribution < 1.29 is 19.1 Å². The fraction of sp³-hybridized carbons (Fsp3) is 0.379. The maximum atomic E-state index is 14.2. The normalized spacial score (nSPS) is 14.3. The number of anilines is 2. The maximum Gasteiger partial charge on any atom is 0.273 e. The lowest BCUT2D eigenvalue weighted by atomic mass is 9.99. The molecule has 10 heteroatoms. The fourth-order valence-electron chi connectivity index (χ4n) is 4.82. The fourth-order valence-corrected chi connectivity index (χ4v) is 5.57. The SMILES string of the molecule is CCOc1ccc([C@H](C(=O)NC2CCCC2)N(C(=O)c2snc(C(N)=O)c2N)c2ccc(C(C)C)cc2)cc1. The molecule has 4 rings (SSSR count). The molecule has 1 atom stereocenters. The molecule has 2 aromatic carbocycles. The minimum absolute atomic E-state index is 0.0397. The number of hydrogen-bond donors (Lipinski definition) is 3. The molecule has 1 aliphatic rings. The Kier molecular flexibility index (Phi) is 8.86. The number of rotatable bonds is 10. The second-order valence-corrected chi connectivity index (χ2v) is 10.7. The second-order valence-electron chi connectivity index (χ2n) is 9.95. The van der Waals surface area contributed by atoms with Crippen molar-refractivity contribution in [2.45, 2.75) is 64.5 Å². The zero-order valence-corrected chi connectivity index (χ0v) is 23.3. The molecule has 39 heavy (non-hydrogen) atoms. The van der Waals surface area contributed by atoms with Crippen LogP contribution in [0.4, 0.5) is 11.4 Å². The van der Waals surface area contributed by atoms with Crippen molar-refractivity contribution in [1.82, 2.24) is 9.69 Å². The quantitative estimate of drug-likeness (QED) is 0.332. The van der Waals surface area contributed by atoms with Crippen LogP contribution in [0.3, 0.4) is 0 Å². The highest BCUT2D eigenvalue weighted by atomic mass is 32.1. The Hall–Kier alpha value is -3.92. The van der Waals surface area contributed by atoms with E-state index in [1.807, 2.05) is 31.2 Å². The van der Waals surface area contributed by atoms with Crippen molar-refractivity contribution in [2.24, 2.45) is 5.73 Å². The summed E-state index contributed by atoms with van der Waals surface area (Å²) in [5, 5.41) is 3.16. The molecule has 1 aliphatic carbocycles. The van der Waals surface area contributed by atoms with Crippen molar-refractivity contribution in [2.75, 3.05) is 17.2 Å². The van der Waals surface area contributed by atoms with Gasteiger partial charge in [-0.25, -0.2) is 0 Å². The van der Waals surface area contributed by atoms with E-state index in [2.05, 4.69) is 23.5 Å². The van der Waals surface area contributed by atoms with E-state index in [0.29, 0.717) is 23.6 Å². The molecule has 206 valence electrons. The van der Waals surface area contributed by atoms with Gasteiger partial charge in [0, 0.05) is 11.7 Å². The number of carbonyl (C=O) groups excluding carboxylic acids is 3. The van der Waals surface area contributed by atoms with E-state index in [1.165, 1.54) is 4.90 Å². The average molecular weight is 550 g/mol. The van der Waals surface area contributed by atoms with Crippen LogP contribution < -0.4 is 26.4 Å². The smallest absolute Gasteiger partial charge is 0.273 e. The molecule has 0 aliphatic heterocycles. The van der Waals surface area contributed by atoms with Crippen LogP contribution in [0.15, 0.2) is 48.5 Å². The average Bonchev–Trinajstić information content (AvgIpc) is 3.57. The number of carbonyl (C=O) groups is 3. The Morgan fingerprint density at radius 2 is 1.67 bits per heavy atom. The van der Waals surface area contributed by atoms with E-state index in [0.717, 1.165) is 42.8 Å². The second kappa shape index (κ2) is 12.3. The van der Waals surface area contributed by atoms with E-state index in [4.69, 9.17) is 16.2 Å². The molecule has 0 radical (unpaired) electrons. The van der Waals surface area contributed by atoms with Crippen LogP contribution in [0.25, 0.3) is 0 Å². The van der Waals surface area contributed by atoms with Gasteiger partial charge in [-0.2, -0.15) is 4.37 Å². The lowest BCUT2D eigenvalue weighted by molar-refractivity contribution is -0.123.